The lowest BCUT2D eigenvalue weighted by Crippen LogP contribution is -2.09. The van der Waals surface area contributed by atoms with Gasteiger partial charge in [-0.25, -0.2) is 0 Å². The molecule has 0 unspecified atom stereocenters. The second kappa shape index (κ2) is 6.13. The van der Waals surface area contributed by atoms with Crippen LogP contribution in [0, 0.1) is 0 Å². The van der Waals surface area contributed by atoms with Crippen molar-refractivity contribution < 1.29 is 4.74 Å². The maximum Gasteiger partial charge on any atom is 0.133 e. The first-order chi connectivity index (χ1) is 7.19. The van der Waals surface area contributed by atoms with Crippen LogP contribution in [0.4, 0.5) is 0 Å². The van der Waals surface area contributed by atoms with E-state index in [1.165, 1.54) is 12.8 Å². The Bertz CT molecular complexity index is 314. The molecular weight excluding hydrogens is 254 g/mol. The monoisotopic (exact) mass is 271 g/mol. The molecule has 0 saturated heterocycles. The summed E-state index contributed by atoms with van der Waals surface area (Å²) in [6, 6.07) is 6.15. The molecule has 0 saturated carbocycles. The summed E-state index contributed by atoms with van der Waals surface area (Å²) < 4.78 is 6.14. The lowest BCUT2D eigenvalue weighted by Gasteiger charge is -2.13. The fourth-order valence-corrected chi connectivity index (χ4v) is 2.06. The zero-order valence-electron chi connectivity index (χ0n) is 9.29. The minimum atomic E-state index is 0.132. The predicted molar refractivity (Wildman–Crippen MR) is 67.1 cm³/mol. The second-order valence-corrected chi connectivity index (χ2v) is 4.50. The Kier molecular flexibility index (Phi) is 5.12. The summed E-state index contributed by atoms with van der Waals surface area (Å²) in [5, 5.41) is 0. The van der Waals surface area contributed by atoms with Gasteiger partial charge < -0.3 is 10.5 Å². The first kappa shape index (κ1) is 12.5. The van der Waals surface area contributed by atoms with Crippen LogP contribution in [-0.2, 0) is 0 Å². The largest absolute Gasteiger partial charge is 0.496 e. The minimum Gasteiger partial charge on any atom is -0.496 e. The van der Waals surface area contributed by atoms with Gasteiger partial charge in [-0.1, -0.05) is 25.8 Å². The molecule has 0 fully saturated rings. The fraction of sp³-hybridized carbons (Fsp3) is 0.500. The molecular formula is C12H18BrNO. The van der Waals surface area contributed by atoms with Gasteiger partial charge in [0.2, 0.25) is 0 Å². The van der Waals surface area contributed by atoms with Crippen molar-refractivity contribution in [3.8, 4) is 5.75 Å². The molecule has 0 aliphatic carbocycles. The fourth-order valence-electron chi connectivity index (χ4n) is 1.50. The number of hydrogen-bond donors (Lipinski definition) is 1. The number of rotatable bonds is 5. The van der Waals surface area contributed by atoms with Crippen LogP contribution in [0.5, 0.6) is 5.75 Å². The Morgan fingerprint density at radius 1 is 1.47 bits per heavy atom. The van der Waals surface area contributed by atoms with E-state index in [4.69, 9.17) is 10.5 Å². The van der Waals surface area contributed by atoms with Crippen LogP contribution in [0.1, 0.15) is 37.8 Å². The molecule has 0 aromatic heterocycles. The normalized spacial score (nSPS) is 12.5. The van der Waals surface area contributed by atoms with Gasteiger partial charge in [0.25, 0.3) is 0 Å². The molecule has 0 aliphatic heterocycles. The quantitative estimate of drug-likeness (QED) is 0.888. The topological polar surface area (TPSA) is 35.2 Å². The van der Waals surface area contributed by atoms with Gasteiger partial charge in [0.1, 0.15) is 5.75 Å². The highest BCUT2D eigenvalue weighted by atomic mass is 79.9. The Labute approximate surface area is 99.9 Å². The number of halogens is 1. The molecule has 2 N–H and O–H groups in total. The molecule has 1 atom stereocenters. The number of benzene rings is 1. The van der Waals surface area contributed by atoms with Gasteiger partial charge >= 0.3 is 0 Å². The van der Waals surface area contributed by atoms with E-state index >= 15 is 0 Å². The van der Waals surface area contributed by atoms with Gasteiger partial charge in [-0.2, -0.15) is 0 Å². The standard InChI is InChI=1S/C12H18BrNO/c1-3-4-5-11(14)9-6-7-12(15-2)10(13)8-9/h6-8,11H,3-5,14H2,1-2H3/t11-/m1/s1. The smallest absolute Gasteiger partial charge is 0.133 e. The summed E-state index contributed by atoms with van der Waals surface area (Å²) in [4.78, 5) is 0. The molecule has 0 aliphatic rings. The Morgan fingerprint density at radius 2 is 2.20 bits per heavy atom. The van der Waals surface area contributed by atoms with Crippen LogP contribution in [0.25, 0.3) is 0 Å². The zero-order chi connectivity index (χ0) is 11.3. The van der Waals surface area contributed by atoms with Crippen LogP contribution < -0.4 is 10.5 Å². The minimum absolute atomic E-state index is 0.132. The second-order valence-electron chi connectivity index (χ2n) is 3.64. The molecule has 1 aromatic rings. The van der Waals surface area contributed by atoms with Gasteiger partial charge in [0.15, 0.2) is 0 Å². The highest BCUT2D eigenvalue weighted by molar-refractivity contribution is 9.10. The van der Waals surface area contributed by atoms with Crippen LogP contribution in [0.3, 0.4) is 0 Å². The van der Waals surface area contributed by atoms with E-state index in [2.05, 4.69) is 22.9 Å². The molecule has 3 heteroatoms. The average molecular weight is 272 g/mol. The molecule has 0 amide bonds. The van der Waals surface area contributed by atoms with Crippen molar-refractivity contribution in [2.75, 3.05) is 7.11 Å². The van der Waals surface area contributed by atoms with E-state index in [0.29, 0.717) is 0 Å². The van der Waals surface area contributed by atoms with Gasteiger partial charge in [-0.05, 0) is 40.0 Å². The summed E-state index contributed by atoms with van der Waals surface area (Å²) in [5.74, 6) is 0.849. The van der Waals surface area contributed by atoms with Crippen molar-refractivity contribution in [2.24, 2.45) is 5.73 Å². The number of hydrogen-bond acceptors (Lipinski definition) is 2. The van der Waals surface area contributed by atoms with Crippen molar-refractivity contribution in [3.63, 3.8) is 0 Å². The molecule has 0 spiro atoms. The summed E-state index contributed by atoms with van der Waals surface area (Å²) >= 11 is 3.46. The first-order valence-electron chi connectivity index (χ1n) is 5.28. The number of unbranched alkanes of at least 4 members (excludes halogenated alkanes) is 1. The average Bonchev–Trinajstić information content (AvgIpc) is 2.25. The molecule has 1 rings (SSSR count). The Morgan fingerprint density at radius 3 is 2.73 bits per heavy atom. The molecule has 0 heterocycles. The van der Waals surface area contributed by atoms with E-state index in [-0.39, 0.29) is 6.04 Å². The molecule has 2 nitrogen and oxygen atoms in total. The van der Waals surface area contributed by atoms with Crippen molar-refractivity contribution in [1.29, 1.82) is 0 Å². The third-order valence-corrected chi connectivity index (χ3v) is 3.09. The van der Waals surface area contributed by atoms with E-state index in [1.54, 1.807) is 7.11 Å². The van der Waals surface area contributed by atoms with Crippen molar-refractivity contribution in [1.82, 2.24) is 0 Å². The van der Waals surface area contributed by atoms with Crippen LogP contribution >= 0.6 is 15.9 Å². The van der Waals surface area contributed by atoms with E-state index < -0.39 is 0 Å². The highest BCUT2D eigenvalue weighted by Crippen LogP contribution is 2.28. The molecule has 0 radical (unpaired) electrons. The third-order valence-electron chi connectivity index (χ3n) is 2.47. The molecule has 84 valence electrons. The number of nitrogens with two attached hydrogens (primary N) is 1. The maximum absolute atomic E-state index is 6.08. The number of methoxy groups -OCH3 is 1. The molecule has 0 bridgehead atoms. The summed E-state index contributed by atoms with van der Waals surface area (Å²) in [6.07, 6.45) is 3.39. The maximum atomic E-state index is 6.08. The van der Waals surface area contributed by atoms with Gasteiger partial charge in [0.05, 0.1) is 11.6 Å². The Hall–Kier alpha value is -0.540. The van der Waals surface area contributed by atoms with E-state index in [9.17, 15) is 0 Å². The van der Waals surface area contributed by atoms with Crippen LogP contribution in [0.2, 0.25) is 0 Å². The zero-order valence-corrected chi connectivity index (χ0v) is 10.9. The lowest BCUT2D eigenvalue weighted by molar-refractivity contribution is 0.411. The van der Waals surface area contributed by atoms with Gasteiger partial charge in [-0.3, -0.25) is 0 Å². The van der Waals surface area contributed by atoms with Gasteiger partial charge in [-0.15, -0.1) is 0 Å². The van der Waals surface area contributed by atoms with Crippen molar-refractivity contribution in [3.05, 3.63) is 28.2 Å². The molecule has 1 aromatic carbocycles. The lowest BCUT2D eigenvalue weighted by atomic mass is 10.0. The van der Waals surface area contributed by atoms with Crippen molar-refractivity contribution in [2.45, 2.75) is 32.2 Å². The first-order valence-corrected chi connectivity index (χ1v) is 6.07. The Balaban J connectivity index is 2.73. The predicted octanol–water partition coefficient (Wildman–Crippen LogP) is 3.65. The highest BCUT2D eigenvalue weighted by Gasteiger charge is 2.08. The van der Waals surface area contributed by atoms with Crippen LogP contribution in [0.15, 0.2) is 22.7 Å². The van der Waals surface area contributed by atoms with Gasteiger partial charge in [0, 0.05) is 6.04 Å². The van der Waals surface area contributed by atoms with E-state index in [1.807, 2.05) is 18.2 Å². The van der Waals surface area contributed by atoms with Crippen LogP contribution in [-0.4, -0.2) is 7.11 Å². The molecule has 15 heavy (non-hydrogen) atoms. The summed E-state index contributed by atoms with van der Waals surface area (Å²) in [6.45, 7) is 2.18. The summed E-state index contributed by atoms with van der Waals surface area (Å²) in [5.41, 5.74) is 7.24. The SMILES string of the molecule is CCCC[C@@H](N)c1ccc(OC)c(Br)c1. The number of ether oxygens (including phenoxy) is 1. The van der Waals surface area contributed by atoms with Crippen molar-refractivity contribution >= 4 is 15.9 Å². The van der Waals surface area contributed by atoms with E-state index in [0.717, 1.165) is 22.2 Å². The third kappa shape index (κ3) is 3.50. The summed E-state index contributed by atoms with van der Waals surface area (Å²) in [7, 11) is 1.66.